The molecule has 90 valence electrons. The summed E-state index contributed by atoms with van der Waals surface area (Å²) in [5, 5.41) is 0. The summed E-state index contributed by atoms with van der Waals surface area (Å²) in [4.78, 5) is 0. The largest absolute Gasteiger partial charge is 0.794 e. The summed E-state index contributed by atoms with van der Waals surface area (Å²) in [6.07, 6.45) is 0. The summed E-state index contributed by atoms with van der Waals surface area (Å²) >= 11 is 8.90. The van der Waals surface area contributed by atoms with Crippen LogP contribution in [0.3, 0.4) is 0 Å². The smallest absolute Gasteiger partial charge is 0.154 e. The molecule has 0 atom stereocenters. The first kappa shape index (κ1) is 25.0. The molecular weight excluding hydrogens is 600 g/mol. The van der Waals surface area contributed by atoms with Crippen LogP contribution in [0, 0.1) is 0 Å². The zero-order valence-electron chi connectivity index (χ0n) is 8.57. The first-order valence-electron chi connectivity index (χ1n) is 3.78. The standard InChI is InChI=1S/C5H14P2.C2H6S2.2Pt/c1-6(2)5-7(3)4;3-1-2-4;;/h5H2,1-4H3;3-4H,1-2H2;;. The molecule has 0 bridgehead atoms. The van der Waals surface area contributed by atoms with Crippen LogP contribution in [0.2, 0.25) is 0 Å². The maximum atomic E-state index is 4.45. The predicted molar refractivity (Wildman–Crippen MR) is 69.7 cm³/mol. The van der Waals surface area contributed by atoms with Gasteiger partial charge in [-0.25, -0.2) is 0 Å². The van der Waals surface area contributed by atoms with E-state index in [0.717, 1.165) is 11.5 Å². The van der Waals surface area contributed by atoms with Crippen molar-refractivity contribution < 1.29 is 42.1 Å². The second-order valence-corrected chi connectivity index (χ2v) is 10.1. The molecule has 0 nitrogen and oxygen atoms in total. The van der Waals surface area contributed by atoms with Gasteiger partial charge in [-0.05, 0) is 0 Å². The number of hydrogen-bond acceptors (Lipinski definition) is 2. The second-order valence-electron chi connectivity index (χ2n) is 3.00. The average molecular weight is 620 g/mol. The minimum absolute atomic E-state index is 0. The molecule has 0 aromatic rings. The molecule has 0 radical (unpaired) electrons. The Balaban J connectivity index is -0.0000000600. The van der Waals surface area contributed by atoms with Crippen molar-refractivity contribution in [2.45, 2.75) is 0 Å². The zero-order valence-corrected chi connectivity index (χ0v) is 16.7. The molecule has 0 aliphatic heterocycles. The third-order valence-electron chi connectivity index (χ3n) is 0.790. The molecule has 0 amide bonds. The number of rotatable bonds is 3. The van der Waals surface area contributed by atoms with Crippen molar-refractivity contribution in [1.29, 1.82) is 0 Å². The predicted octanol–water partition coefficient (Wildman–Crippen LogP) is 1.97. The van der Waals surface area contributed by atoms with E-state index in [1.54, 1.807) is 5.90 Å². The Bertz CT molecular complexity index is 67.5. The van der Waals surface area contributed by atoms with E-state index in [9.17, 15) is 0 Å². The molecule has 0 aliphatic carbocycles. The van der Waals surface area contributed by atoms with Crippen LogP contribution >= 0.6 is 15.8 Å². The van der Waals surface area contributed by atoms with Gasteiger partial charge in [-0.1, -0.05) is 0 Å². The van der Waals surface area contributed by atoms with Crippen LogP contribution < -0.4 is 0 Å². The van der Waals surface area contributed by atoms with E-state index in [1.807, 2.05) is 0 Å². The fourth-order valence-corrected chi connectivity index (χ4v) is 6.36. The van der Waals surface area contributed by atoms with Crippen LogP contribution in [-0.2, 0) is 67.4 Å². The molecule has 0 unspecified atom stereocenters. The topological polar surface area (TPSA) is 0 Å². The molecule has 13 heavy (non-hydrogen) atoms. The minimum atomic E-state index is 0. The molecule has 6 heteroatoms. The molecule has 0 saturated carbocycles. The molecule has 0 aromatic carbocycles. The average Bonchev–Trinajstić information content (AvgIpc) is 1.85. The third kappa shape index (κ3) is 39.7. The van der Waals surface area contributed by atoms with Crippen LogP contribution in [-0.4, -0.2) is 44.1 Å². The molecule has 0 N–H and O–H groups in total. The van der Waals surface area contributed by atoms with Crippen molar-refractivity contribution in [3.63, 3.8) is 0 Å². The van der Waals surface area contributed by atoms with Crippen LogP contribution in [0.25, 0.3) is 0 Å². The van der Waals surface area contributed by atoms with Gasteiger partial charge in [-0.3, -0.25) is 0 Å². The Morgan fingerprint density at radius 2 is 1.00 bits per heavy atom. The molecule has 0 aliphatic rings. The van der Waals surface area contributed by atoms with Crippen molar-refractivity contribution in [3.05, 3.63) is 0 Å². The van der Waals surface area contributed by atoms with Gasteiger partial charge in [0.2, 0.25) is 0 Å². The fraction of sp³-hybridized carbons (Fsp3) is 1.00. The van der Waals surface area contributed by atoms with Gasteiger partial charge in [0.05, 0.1) is 0 Å². The van der Waals surface area contributed by atoms with Gasteiger partial charge in [-0.2, -0.15) is 11.5 Å². The van der Waals surface area contributed by atoms with Crippen molar-refractivity contribution in [1.82, 2.24) is 0 Å². The first-order chi connectivity index (χ1) is 5.04. The molecule has 0 fully saturated rings. The van der Waals surface area contributed by atoms with Gasteiger partial charge in [0, 0.05) is 84.6 Å². The molecule has 0 aromatic heterocycles. The molecular formula is C7H20P2Pt2S2. The summed E-state index contributed by atoms with van der Waals surface area (Å²) in [6, 6.07) is 0. The molecule has 0 spiro atoms. The summed E-state index contributed by atoms with van der Waals surface area (Å²) in [6.45, 7) is 9.56. The van der Waals surface area contributed by atoms with E-state index in [1.165, 1.54) is 0 Å². The fourth-order valence-electron chi connectivity index (χ4n) is 0.707. The van der Waals surface area contributed by atoms with E-state index in [-0.39, 0.29) is 58.0 Å². The van der Waals surface area contributed by atoms with E-state index < -0.39 is 0 Å². The Hall–Kier alpha value is 2.94. The maximum absolute atomic E-state index is 4.45. The van der Waals surface area contributed by atoms with Gasteiger partial charge in [0.15, 0.2) is 5.90 Å². The van der Waals surface area contributed by atoms with Crippen LogP contribution in [0.5, 0.6) is 0 Å². The van der Waals surface area contributed by atoms with Gasteiger partial charge in [0.1, 0.15) is 0 Å². The summed E-state index contributed by atoms with van der Waals surface area (Å²) in [5.74, 6) is 3.00. The molecule has 0 heterocycles. The van der Waals surface area contributed by atoms with E-state index in [2.05, 4.69) is 51.9 Å². The third-order valence-corrected chi connectivity index (χ3v) is 7.11. The normalized spacial score (nSPS) is 8.31. The number of hydrogen-bond donors (Lipinski definition) is 0. The van der Waals surface area contributed by atoms with E-state index >= 15 is 0 Å². The van der Waals surface area contributed by atoms with Crippen LogP contribution in [0.4, 0.5) is 0 Å². The van der Waals surface area contributed by atoms with Crippen molar-refractivity contribution in [2.24, 2.45) is 0 Å². The van der Waals surface area contributed by atoms with Gasteiger partial charge in [-0.15, -0.1) is 0 Å². The molecule has 0 saturated heterocycles. The zero-order chi connectivity index (χ0) is 9.28. The van der Waals surface area contributed by atoms with Gasteiger partial charge >= 0.3 is 0 Å². The molecule has 0 rings (SSSR count). The summed E-state index contributed by atoms with van der Waals surface area (Å²) in [5.41, 5.74) is 0. The van der Waals surface area contributed by atoms with E-state index in [4.69, 9.17) is 0 Å². The summed E-state index contributed by atoms with van der Waals surface area (Å²) < 4.78 is 0. The van der Waals surface area contributed by atoms with Crippen molar-refractivity contribution in [2.75, 3.05) is 44.1 Å². The Kier molecular flexibility index (Phi) is 39.1. The Labute approximate surface area is 126 Å². The van der Waals surface area contributed by atoms with Gasteiger partial charge < -0.3 is 25.3 Å². The Morgan fingerprint density at radius 1 is 0.769 bits per heavy atom. The summed E-state index contributed by atoms with van der Waals surface area (Å²) in [7, 11) is 0.222. The SMILES string of the molecule is C[PH+](C)C[PH+](C)C.[Pt].[Pt].[S-]CC[S-]. The second kappa shape index (κ2) is 20.4. The first-order valence-corrected chi connectivity index (χ1v) is 10.4. The Morgan fingerprint density at radius 3 is 1.00 bits per heavy atom. The van der Waals surface area contributed by atoms with E-state index in [0.29, 0.717) is 0 Å². The quantitative estimate of drug-likeness (QED) is 0.350. The van der Waals surface area contributed by atoms with Crippen molar-refractivity contribution >= 4 is 41.1 Å². The van der Waals surface area contributed by atoms with Gasteiger partial charge in [0.25, 0.3) is 0 Å². The van der Waals surface area contributed by atoms with Crippen molar-refractivity contribution in [3.8, 4) is 0 Å². The monoisotopic (exact) mass is 620 g/mol. The van der Waals surface area contributed by atoms with Crippen LogP contribution in [0.1, 0.15) is 0 Å². The van der Waals surface area contributed by atoms with Crippen LogP contribution in [0.15, 0.2) is 0 Å². The maximum Gasteiger partial charge on any atom is 0.154 e. The minimum Gasteiger partial charge on any atom is -0.794 e.